The fourth-order valence-electron chi connectivity index (χ4n) is 4.45. The van der Waals surface area contributed by atoms with E-state index in [4.69, 9.17) is 4.74 Å². The number of fused-ring (bicyclic) bond motifs is 2. The molecule has 4 rings (SSSR count). The third-order valence-corrected chi connectivity index (χ3v) is 5.80. The van der Waals surface area contributed by atoms with Crippen LogP contribution in [0.15, 0.2) is 30.6 Å². The number of phenolic OH excluding ortho intramolecular Hbond substituents is 1. The standard InChI is InChI=1S/C20H24N4O4/c1-28-12-17(26)24-8-5-16-18(22-13-21-16)20(24)6-9-23(10-7-20)19(27)14-3-2-4-15(25)11-14/h2-4,11,13,25H,5-10,12H2,1H3,(H,21,22). The average molecular weight is 384 g/mol. The third kappa shape index (κ3) is 3.03. The predicted molar refractivity (Wildman–Crippen MR) is 101 cm³/mol. The number of imidazole rings is 1. The molecular formula is C20H24N4O4. The molecule has 1 fully saturated rings. The molecule has 8 nitrogen and oxygen atoms in total. The molecule has 1 saturated heterocycles. The van der Waals surface area contributed by atoms with Gasteiger partial charge in [-0.2, -0.15) is 0 Å². The van der Waals surface area contributed by atoms with Gasteiger partial charge in [-0.15, -0.1) is 0 Å². The van der Waals surface area contributed by atoms with Crippen LogP contribution in [0, 0.1) is 0 Å². The molecule has 148 valence electrons. The summed E-state index contributed by atoms with van der Waals surface area (Å²) < 4.78 is 5.08. The first-order chi connectivity index (χ1) is 13.5. The van der Waals surface area contributed by atoms with Gasteiger partial charge in [-0.05, 0) is 31.0 Å². The molecule has 8 heteroatoms. The molecule has 2 aromatic rings. The Morgan fingerprint density at radius 1 is 1.29 bits per heavy atom. The van der Waals surface area contributed by atoms with Gasteiger partial charge in [-0.1, -0.05) is 6.07 Å². The number of aromatic nitrogens is 2. The van der Waals surface area contributed by atoms with Crippen molar-refractivity contribution in [1.82, 2.24) is 19.8 Å². The van der Waals surface area contributed by atoms with Crippen LogP contribution in [0.1, 0.15) is 34.6 Å². The molecule has 0 bridgehead atoms. The number of rotatable bonds is 3. The van der Waals surface area contributed by atoms with E-state index >= 15 is 0 Å². The van der Waals surface area contributed by atoms with Crippen LogP contribution in [0.2, 0.25) is 0 Å². The first-order valence-corrected chi connectivity index (χ1v) is 9.45. The van der Waals surface area contributed by atoms with E-state index in [0.29, 0.717) is 38.0 Å². The number of nitrogens with zero attached hydrogens (tertiary/aromatic N) is 3. The van der Waals surface area contributed by atoms with Crippen LogP contribution >= 0.6 is 0 Å². The number of hydrogen-bond acceptors (Lipinski definition) is 5. The molecule has 2 N–H and O–H groups in total. The Morgan fingerprint density at radius 2 is 2.07 bits per heavy atom. The minimum atomic E-state index is -0.515. The van der Waals surface area contributed by atoms with Crippen LogP contribution in [-0.2, 0) is 21.5 Å². The van der Waals surface area contributed by atoms with Crippen molar-refractivity contribution in [2.24, 2.45) is 0 Å². The van der Waals surface area contributed by atoms with Gasteiger partial charge in [0.15, 0.2) is 0 Å². The van der Waals surface area contributed by atoms with Gasteiger partial charge in [0, 0.05) is 44.4 Å². The number of nitrogens with one attached hydrogen (secondary N) is 1. The molecule has 2 amide bonds. The van der Waals surface area contributed by atoms with Crippen LogP contribution in [0.5, 0.6) is 5.75 Å². The second-order valence-electron chi connectivity index (χ2n) is 7.33. The Morgan fingerprint density at radius 3 is 2.79 bits per heavy atom. The second kappa shape index (κ2) is 7.27. The topological polar surface area (TPSA) is 98.8 Å². The molecule has 2 aliphatic rings. The van der Waals surface area contributed by atoms with Crippen molar-refractivity contribution in [3.63, 3.8) is 0 Å². The molecule has 1 aromatic heterocycles. The van der Waals surface area contributed by atoms with E-state index < -0.39 is 5.54 Å². The lowest BCUT2D eigenvalue weighted by atomic mass is 9.78. The van der Waals surface area contributed by atoms with Crippen molar-refractivity contribution >= 4 is 11.8 Å². The number of aromatic amines is 1. The Bertz CT molecular complexity index is 886. The number of ether oxygens (including phenoxy) is 1. The zero-order valence-electron chi connectivity index (χ0n) is 15.9. The molecule has 3 heterocycles. The van der Waals surface area contributed by atoms with Crippen LogP contribution in [-0.4, -0.2) is 70.0 Å². The van der Waals surface area contributed by atoms with Crippen molar-refractivity contribution in [3.05, 3.63) is 47.5 Å². The quantitative estimate of drug-likeness (QED) is 0.831. The van der Waals surface area contributed by atoms with Gasteiger partial charge >= 0.3 is 0 Å². The van der Waals surface area contributed by atoms with Crippen molar-refractivity contribution in [1.29, 1.82) is 0 Å². The number of methoxy groups -OCH3 is 1. The van der Waals surface area contributed by atoms with Crippen molar-refractivity contribution in [3.8, 4) is 5.75 Å². The fraction of sp³-hybridized carbons (Fsp3) is 0.450. The lowest BCUT2D eigenvalue weighted by Gasteiger charge is -2.50. The zero-order valence-corrected chi connectivity index (χ0v) is 15.9. The first kappa shape index (κ1) is 18.5. The summed E-state index contributed by atoms with van der Waals surface area (Å²) in [5, 5.41) is 9.65. The molecule has 0 unspecified atom stereocenters. The molecule has 1 aromatic carbocycles. The van der Waals surface area contributed by atoms with Gasteiger partial charge in [0.2, 0.25) is 5.91 Å². The summed E-state index contributed by atoms with van der Waals surface area (Å²) in [4.78, 5) is 37.0. The summed E-state index contributed by atoms with van der Waals surface area (Å²) in [6.45, 7) is 1.67. The van der Waals surface area contributed by atoms with E-state index in [1.165, 1.54) is 13.2 Å². The number of hydrogen-bond donors (Lipinski definition) is 2. The molecule has 0 aliphatic carbocycles. The van der Waals surface area contributed by atoms with Crippen LogP contribution in [0.4, 0.5) is 0 Å². The number of piperidine rings is 1. The molecular weight excluding hydrogens is 360 g/mol. The Labute approximate surface area is 163 Å². The second-order valence-corrected chi connectivity index (χ2v) is 7.33. The van der Waals surface area contributed by atoms with Gasteiger partial charge in [0.1, 0.15) is 12.4 Å². The number of carbonyl (C=O) groups is 2. The minimum Gasteiger partial charge on any atom is -0.508 e. The molecule has 0 atom stereocenters. The number of benzene rings is 1. The third-order valence-electron chi connectivity index (χ3n) is 5.80. The predicted octanol–water partition coefficient (Wildman–Crippen LogP) is 1.28. The van der Waals surface area contributed by atoms with E-state index in [1.807, 2.05) is 4.90 Å². The van der Waals surface area contributed by atoms with Crippen molar-refractivity contribution in [2.45, 2.75) is 24.8 Å². The number of carbonyl (C=O) groups excluding carboxylic acids is 2. The van der Waals surface area contributed by atoms with Crippen LogP contribution in [0.3, 0.4) is 0 Å². The average Bonchev–Trinajstić information content (AvgIpc) is 3.18. The van der Waals surface area contributed by atoms with E-state index in [1.54, 1.807) is 29.4 Å². The van der Waals surface area contributed by atoms with Crippen LogP contribution in [0.25, 0.3) is 0 Å². The van der Waals surface area contributed by atoms with Gasteiger partial charge in [-0.3, -0.25) is 9.59 Å². The molecule has 1 spiro atoms. The van der Waals surface area contributed by atoms with Gasteiger partial charge < -0.3 is 24.6 Å². The summed E-state index contributed by atoms with van der Waals surface area (Å²) >= 11 is 0. The van der Waals surface area contributed by atoms with Gasteiger partial charge in [0.25, 0.3) is 5.91 Å². The summed E-state index contributed by atoms with van der Waals surface area (Å²) in [5.74, 6) is -0.0911. The fourth-order valence-corrected chi connectivity index (χ4v) is 4.45. The number of likely N-dealkylation sites (tertiary alicyclic amines) is 1. The SMILES string of the molecule is COCC(=O)N1CCc2[nH]cnc2C12CCN(C(=O)c1cccc(O)c1)CC2. The minimum absolute atomic E-state index is 0.0352. The molecule has 2 aliphatic heterocycles. The highest BCUT2D eigenvalue weighted by molar-refractivity contribution is 5.94. The zero-order chi connectivity index (χ0) is 19.7. The molecule has 0 radical (unpaired) electrons. The summed E-state index contributed by atoms with van der Waals surface area (Å²) in [6, 6.07) is 6.39. The maximum atomic E-state index is 12.8. The Hall–Kier alpha value is -2.87. The number of amides is 2. The van der Waals surface area contributed by atoms with Gasteiger partial charge in [0.05, 0.1) is 17.6 Å². The van der Waals surface area contributed by atoms with E-state index in [0.717, 1.165) is 17.8 Å². The number of phenols is 1. The highest BCUT2D eigenvalue weighted by Gasteiger charge is 2.49. The lowest BCUT2D eigenvalue weighted by molar-refractivity contribution is -0.145. The highest BCUT2D eigenvalue weighted by Crippen LogP contribution is 2.42. The Balaban J connectivity index is 1.58. The summed E-state index contributed by atoms with van der Waals surface area (Å²) in [7, 11) is 1.52. The summed E-state index contributed by atoms with van der Waals surface area (Å²) in [5.41, 5.74) is 1.92. The summed E-state index contributed by atoms with van der Waals surface area (Å²) in [6.07, 6.45) is 3.65. The lowest BCUT2D eigenvalue weighted by Crippen LogP contribution is -2.59. The number of H-pyrrole nitrogens is 1. The molecule has 0 saturated carbocycles. The van der Waals surface area contributed by atoms with Gasteiger partial charge in [-0.25, -0.2) is 4.98 Å². The first-order valence-electron chi connectivity index (χ1n) is 9.45. The van der Waals surface area contributed by atoms with Crippen LogP contribution < -0.4 is 0 Å². The normalized spacial score (nSPS) is 18.2. The molecule has 28 heavy (non-hydrogen) atoms. The van der Waals surface area contributed by atoms with E-state index in [2.05, 4.69) is 9.97 Å². The van der Waals surface area contributed by atoms with E-state index in [-0.39, 0.29) is 24.2 Å². The Kier molecular flexibility index (Phi) is 4.80. The largest absolute Gasteiger partial charge is 0.508 e. The smallest absolute Gasteiger partial charge is 0.253 e. The number of aromatic hydroxyl groups is 1. The van der Waals surface area contributed by atoms with Crippen molar-refractivity contribution in [2.75, 3.05) is 33.4 Å². The highest BCUT2D eigenvalue weighted by atomic mass is 16.5. The maximum Gasteiger partial charge on any atom is 0.253 e. The maximum absolute atomic E-state index is 12.8. The van der Waals surface area contributed by atoms with Crippen molar-refractivity contribution < 1.29 is 19.4 Å². The monoisotopic (exact) mass is 384 g/mol. The van der Waals surface area contributed by atoms with E-state index in [9.17, 15) is 14.7 Å².